The molecule has 1 aromatic carbocycles. The van der Waals surface area contributed by atoms with Gasteiger partial charge in [-0.1, -0.05) is 6.07 Å². The van der Waals surface area contributed by atoms with Crippen LogP contribution in [0.1, 0.15) is 26.3 Å². The Kier molecular flexibility index (Phi) is 6.37. The zero-order valence-corrected chi connectivity index (χ0v) is 13.0. The highest BCUT2D eigenvalue weighted by Crippen LogP contribution is 2.16. The molecular weight excluding hydrogens is 348 g/mol. The molecule has 0 radical (unpaired) electrons. The topological polar surface area (TPSA) is 70.6 Å². The maximum absolute atomic E-state index is 13.0. The molecule has 0 amide bonds. The van der Waals surface area contributed by atoms with Gasteiger partial charge in [0.15, 0.2) is 17.5 Å². The minimum atomic E-state index is -0.653. The van der Waals surface area contributed by atoms with Crippen molar-refractivity contribution in [3.63, 3.8) is 0 Å². The van der Waals surface area contributed by atoms with Crippen LogP contribution in [-0.4, -0.2) is 16.6 Å². The summed E-state index contributed by atoms with van der Waals surface area (Å²) in [7, 11) is 0. The maximum Gasteiger partial charge on any atom is 0.189 e. The van der Waals surface area contributed by atoms with E-state index in [0.29, 0.717) is 11.5 Å². The monoisotopic (exact) mass is 367 g/mol. The second-order valence-corrected chi connectivity index (χ2v) is 4.86. The van der Waals surface area contributed by atoms with Crippen LogP contribution >= 0.6 is 24.0 Å². The molecule has 0 spiro atoms. The summed E-state index contributed by atoms with van der Waals surface area (Å²) in [4.78, 5) is 4.09. The van der Waals surface area contributed by atoms with Crippen molar-refractivity contribution < 1.29 is 9.50 Å². The number of nitrogens with zero attached hydrogens (tertiary/aromatic N) is 1. The van der Waals surface area contributed by atoms with E-state index >= 15 is 0 Å². The quantitative estimate of drug-likeness (QED) is 0.427. The molecule has 6 heteroatoms. The Morgan fingerprint density at radius 1 is 1.44 bits per heavy atom. The Labute approximate surface area is 124 Å². The lowest BCUT2D eigenvalue weighted by atomic mass is 10.1. The van der Waals surface area contributed by atoms with E-state index in [1.165, 1.54) is 12.1 Å². The summed E-state index contributed by atoms with van der Waals surface area (Å²) < 4.78 is 13.0. The number of guanidine groups is 1. The summed E-state index contributed by atoms with van der Waals surface area (Å²) >= 11 is 0. The number of nitrogens with one attached hydrogen (secondary N) is 1. The van der Waals surface area contributed by atoms with E-state index in [1.807, 2.05) is 20.8 Å². The molecule has 0 saturated heterocycles. The first-order valence-corrected chi connectivity index (χ1v) is 5.33. The average Bonchev–Trinajstić information content (AvgIpc) is 2.17. The summed E-state index contributed by atoms with van der Waals surface area (Å²) in [6.07, 6.45) is 0. The van der Waals surface area contributed by atoms with Crippen molar-refractivity contribution in [2.45, 2.75) is 32.9 Å². The van der Waals surface area contributed by atoms with E-state index in [4.69, 9.17) is 10.8 Å². The van der Waals surface area contributed by atoms with Gasteiger partial charge in [-0.15, -0.1) is 24.0 Å². The molecule has 4 nitrogen and oxygen atoms in total. The van der Waals surface area contributed by atoms with Crippen LogP contribution in [0.15, 0.2) is 23.2 Å². The van der Waals surface area contributed by atoms with E-state index in [-0.39, 0.29) is 41.8 Å². The van der Waals surface area contributed by atoms with E-state index in [1.54, 1.807) is 6.07 Å². The van der Waals surface area contributed by atoms with Crippen LogP contribution < -0.4 is 11.1 Å². The zero-order chi connectivity index (χ0) is 13.1. The third kappa shape index (κ3) is 6.04. The van der Waals surface area contributed by atoms with Gasteiger partial charge in [0, 0.05) is 5.54 Å². The Morgan fingerprint density at radius 2 is 2.06 bits per heavy atom. The van der Waals surface area contributed by atoms with Gasteiger partial charge < -0.3 is 16.2 Å². The van der Waals surface area contributed by atoms with Crippen molar-refractivity contribution in [1.82, 2.24) is 5.32 Å². The van der Waals surface area contributed by atoms with E-state index in [2.05, 4.69) is 10.3 Å². The van der Waals surface area contributed by atoms with Crippen LogP contribution in [0.2, 0.25) is 0 Å². The molecule has 1 rings (SSSR count). The molecule has 0 aliphatic heterocycles. The van der Waals surface area contributed by atoms with Crippen molar-refractivity contribution in [2.24, 2.45) is 10.7 Å². The lowest BCUT2D eigenvalue weighted by molar-refractivity contribution is 0.432. The number of hydrogen-bond acceptors (Lipinski definition) is 2. The van der Waals surface area contributed by atoms with Gasteiger partial charge in [0.05, 0.1) is 6.54 Å². The molecule has 0 unspecified atom stereocenters. The highest BCUT2D eigenvalue weighted by atomic mass is 127. The number of hydrogen-bond donors (Lipinski definition) is 3. The van der Waals surface area contributed by atoms with Crippen LogP contribution in [0.3, 0.4) is 0 Å². The third-order valence-corrected chi connectivity index (χ3v) is 1.95. The molecule has 0 atom stereocenters. The van der Waals surface area contributed by atoms with E-state index in [9.17, 15) is 4.39 Å². The van der Waals surface area contributed by atoms with Crippen molar-refractivity contribution in [3.8, 4) is 5.75 Å². The SMILES string of the molecule is CC(C)(C)NC(N)=NCc1ccc(O)c(F)c1.I. The first-order valence-electron chi connectivity index (χ1n) is 5.33. The Hall–Kier alpha value is -1.05. The summed E-state index contributed by atoms with van der Waals surface area (Å²) in [5.74, 6) is -0.704. The fraction of sp³-hybridized carbons (Fsp3) is 0.417. The number of phenolic OH excluding ortho intramolecular Hbond substituents is 1. The fourth-order valence-corrected chi connectivity index (χ4v) is 1.25. The molecule has 0 aliphatic carbocycles. The smallest absolute Gasteiger partial charge is 0.189 e. The number of rotatable bonds is 2. The van der Waals surface area contributed by atoms with Gasteiger partial charge in [-0.3, -0.25) is 0 Å². The fourth-order valence-electron chi connectivity index (χ4n) is 1.25. The number of nitrogens with two attached hydrogens (primary N) is 1. The largest absolute Gasteiger partial charge is 0.505 e. The summed E-state index contributed by atoms with van der Waals surface area (Å²) in [6, 6.07) is 4.14. The van der Waals surface area contributed by atoms with Gasteiger partial charge in [-0.05, 0) is 38.5 Å². The van der Waals surface area contributed by atoms with Crippen LogP contribution in [0.4, 0.5) is 4.39 Å². The summed E-state index contributed by atoms with van der Waals surface area (Å²) in [5, 5.41) is 12.0. The van der Waals surface area contributed by atoms with Crippen LogP contribution in [0, 0.1) is 5.82 Å². The number of aromatic hydroxyl groups is 1. The lowest BCUT2D eigenvalue weighted by Gasteiger charge is -2.20. The van der Waals surface area contributed by atoms with Gasteiger partial charge in [0.25, 0.3) is 0 Å². The Bertz CT molecular complexity index is 430. The summed E-state index contributed by atoms with van der Waals surface area (Å²) in [5.41, 5.74) is 6.16. The normalized spacial score (nSPS) is 11.9. The van der Waals surface area contributed by atoms with Crippen LogP contribution in [-0.2, 0) is 6.54 Å². The minimum Gasteiger partial charge on any atom is -0.505 e. The number of phenols is 1. The van der Waals surface area contributed by atoms with Gasteiger partial charge in [0.1, 0.15) is 0 Å². The molecule has 0 saturated carbocycles. The molecule has 4 N–H and O–H groups in total. The predicted octanol–water partition coefficient (Wildman–Crippen LogP) is 2.35. The first kappa shape index (κ1) is 16.9. The molecule has 0 heterocycles. The second kappa shape index (κ2) is 6.77. The molecular formula is C12H19FIN3O. The van der Waals surface area contributed by atoms with E-state index in [0.717, 1.165) is 0 Å². The van der Waals surface area contributed by atoms with Crippen molar-refractivity contribution >= 4 is 29.9 Å². The summed E-state index contributed by atoms with van der Waals surface area (Å²) in [6.45, 7) is 6.17. The predicted molar refractivity (Wildman–Crippen MR) is 81.7 cm³/mol. The lowest BCUT2D eigenvalue weighted by Crippen LogP contribution is -2.44. The van der Waals surface area contributed by atoms with Crippen LogP contribution in [0.25, 0.3) is 0 Å². The zero-order valence-electron chi connectivity index (χ0n) is 10.7. The number of halogens is 2. The second-order valence-electron chi connectivity index (χ2n) is 4.86. The Morgan fingerprint density at radius 3 is 2.56 bits per heavy atom. The van der Waals surface area contributed by atoms with Gasteiger partial charge >= 0.3 is 0 Å². The van der Waals surface area contributed by atoms with Gasteiger partial charge in [0.2, 0.25) is 0 Å². The molecule has 0 fully saturated rings. The third-order valence-electron chi connectivity index (χ3n) is 1.95. The average molecular weight is 367 g/mol. The van der Waals surface area contributed by atoms with Crippen LogP contribution in [0.5, 0.6) is 5.75 Å². The van der Waals surface area contributed by atoms with Gasteiger partial charge in [-0.2, -0.15) is 0 Å². The minimum absolute atomic E-state index is 0. The molecule has 0 aliphatic rings. The van der Waals surface area contributed by atoms with Gasteiger partial charge in [-0.25, -0.2) is 9.38 Å². The molecule has 18 heavy (non-hydrogen) atoms. The van der Waals surface area contributed by atoms with Crippen molar-refractivity contribution in [3.05, 3.63) is 29.6 Å². The number of benzene rings is 1. The highest BCUT2D eigenvalue weighted by Gasteiger charge is 2.09. The molecule has 102 valence electrons. The molecule has 0 aromatic heterocycles. The highest BCUT2D eigenvalue weighted by molar-refractivity contribution is 14.0. The maximum atomic E-state index is 13.0. The standard InChI is InChI=1S/C12H18FN3O.HI/c1-12(2,3)16-11(14)15-7-8-4-5-10(17)9(13)6-8;/h4-6,17H,7H2,1-3H3,(H3,14,15,16);1H. The Balaban J connectivity index is 0.00000289. The molecule has 0 bridgehead atoms. The van der Waals surface area contributed by atoms with E-state index < -0.39 is 5.82 Å². The van der Waals surface area contributed by atoms with Crippen molar-refractivity contribution in [2.75, 3.05) is 0 Å². The molecule has 1 aromatic rings. The first-order chi connectivity index (χ1) is 7.78. The number of aliphatic imine (C=N–C) groups is 1. The van der Waals surface area contributed by atoms with Crippen molar-refractivity contribution in [1.29, 1.82) is 0 Å².